The minimum Gasteiger partial charge on any atom is -0.496 e. The highest BCUT2D eigenvalue weighted by atomic mass is 16.5. The van der Waals surface area contributed by atoms with E-state index in [1.54, 1.807) is 44.4 Å². The Bertz CT molecular complexity index is 968. The quantitative estimate of drug-likeness (QED) is 0.587. The summed E-state index contributed by atoms with van der Waals surface area (Å²) in [4.78, 5) is 24.2. The first-order chi connectivity index (χ1) is 14.1. The number of amides is 1. The van der Waals surface area contributed by atoms with Gasteiger partial charge in [0.2, 0.25) is 0 Å². The van der Waals surface area contributed by atoms with Gasteiger partial charge < -0.3 is 19.3 Å². The maximum Gasteiger partial charge on any atom is 0.308 e. The van der Waals surface area contributed by atoms with Gasteiger partial charge in [-0.25, -0.2) is 0 Å². The molecule has 0 fully saturated rings. The molecule has 1 atom stereocenters. The molecule has 0 bridgehead atoms. The molecule has 1 heterocycles. The molecule has 0 spiro atoms. The number of aromatic nitrogens is 1. The number of hydrogen-bond donors (Lipinski definition) is 1. The van der Waals surface area contributed by atoms with Crippen LogP contribution >= 0.6 is 0 Å². The summed E-state index contributed by atoms with van der Waals surface area (Å²) in [6.07, 6.45) is 0.0477. The van der Waals surface area contributed by atoms with E-state index in [1.165, 1.54) is 0 Å². The number of benzene rings is 2. The van der Waals surface area contributed by atoms with E-state index in [0.717, 1.165) is 5.56 Å². The number of carbonyl (C=O) groups is 2. The largest absolute Gasteiger partial charge is 0.496 e. The number of rotatable bonds is 8. The molecular weight excluding hydrogens is 372 g/mol. The molecular formula is C22H22N2O5. The van der Waals surface area contributed by atoms with E-state index in [1.807, 2.05) is 30.3 Å². The zero-order valence-corrected chi connectivity index (χ0v) is 16.3. The third kappa shape index (κ3) is 5.44. The Balaban J connectivity index is 1.49. The van der Waals surface area contributed by atoms with Gasteiger partial charge >= 0.3 is 5.97 Å². The Labute approximate surface area is 168 Å². The van der Waals surface area contributed by atoms with Crippen LogP contribution in [0.25, 0.3) is 11.3 Å². The van der Waals surface area contributed by atoms with Crippen LogP contribution in [0.5, 0.6) is 5.75 Å². The molecule has 0 saturated carbocycles. The molecule has 7 nitrogen and oxygen atoms in total. The van der Waals surface area contributed by atoms with Crippen LogP contribution in [0.3, 0.4) is 0 Å². The number of nitrogens with one attached hydrogen (secondary N) is 1. The molecule has 0 aliphatic rings. The lowest BCUT2D eigenvalue weighted by atomic mass is 10.1. The maximum atomic E-state index is 12.1. The second kappa shape index (κ2) is 9.54. The first-order valence-corrected chi connectivity index (χ1v) is 9.17. The van der Waals surface area contributed by atoms with Crippen LogP contribution in [-0.2, 0) is 16.1 Å². The molecule has 7 heteroatoms. The third-order valence-electron chi connectivity index (χ3n) is 4.20. The molecule has 2 aromatic carbocycles. The fourth-order valence-corrected chi connectivity index (χ4v) is 2.77. The molecule has 0 aliphatic carbocycles. The average molecular weight is 394 g/mol. The zero-order chi connectivity index (χ0) is 20.6. The van der Waals surface area contributed by atoms with Crippen LogP contribution in [0.15, 0.2) is 65.2 Å². The number of methoxy groups -OCH3 is 1. The number of para-hydroxylation sites is 1. The van der Waals surface area contributed by atoms with Crippen molar-refractivity contribution in [1.82, 2.24) is 10.5 Å². The summed E-state index contributed by atoms with van der Waals surface area (Å²) in [5.41, 5.74) is 1.92. The Morgan fingerprint density at radius 2 is 1.83 bits per heavy atom. The molecule has 29 heavy (non-hydrogen) atoms. The fourth-order valence-electron chi connectivity index (χ4n) is 2.77. The molecule has 0 saturated heterocycles. The van der Waals surface area contributed by atoms with Gasteiger partial charge in [0, 0.05) is 23.2 Å². The Morgan fingerprint density at radius 3 is 2.59 bits per heavy atom. The number of esters is 1. The van der Waals surface area contributed by atoms with E-state index in [2.05, 4.69) is 10.5 Å². The lowest BCUT2D eigenvalue weighted by molar-refractivity contribution is -0.146. The molecule has 0 radical (unpaired) electrons. The first-order valence-electron chi connectivity index (χ1n) is 9.17. The van der Waals surface area contributed by atoms with Crippen LogP contribution in [0.2, 0.25) is 0 Å². The van der Waals surface area contributed by atoms with E-state index in [4.69, 9.17) is 14.0 Å². The van der Waals surface area contributed by atoms with Crippen molar-refractivity contribution in [3.8, 4) is 17.0 Å². The summed E-state index contributed by atoms with van der Waals surface area (Å²) in [5.74, 6) is 0.413. The predicted molar refractivity (Wildman–Crippen MR) is 106 cm³/mol. The first kappa shape index (κ1) is 20.1. The number of hydrogen-bond acceptors (Lipinski definition) is 6. The highest BCUT2D eigenvalue weighted by Crippen LogP contribution is 2.29. The van der Waals surface area contributed by atoms with Crippen LogP contribution < -0.4 is 10.1 Å². The van der Waals surface area contributed by atoms with Crippen molar-refractivity contribution in [2.75, 3.05) is 7.11 Å². The molecule has 1 amide bonds. The van der Waals surface area contributed by atoms with Gasteiger partial charge in [-0.2, -0.15) is 0 Å². The van der Waals surface area contributed by atoms with Crippen molar-refractivity contribution in [2.24, 2.45) is 0 Å². The Kier molecular flexibility index (Phi) is 6.63. The van der Waals surface area contributed by atoms with Crippen LogP contribution in [0, 0.1) is 0 Å². The normalized spacial score (nSPS) is 11.5. The summed E-state index contributed by atoms with van der Waals surface area (Å²) >= 11 is 0. The SMILES string of the molecule is COc1ccccc1-c1cc(COC(=O)C[C@H](C)NC(=O)c2ccccc2)on1. The second-order valence-electron chi connectivity index (χ2n) is 6.48. The molecule has 1 aromatic heterocycles. The van der Waals surface area contributed by atoms with Crippen LogP contribution in [-0.4, -0.2) is 30.2 Å². The van der Waals surface area contributed by atoms with E-state index in [9.17, 15) is 9.59 Å². The number of carbonyl (C=O) groups excluding carboxylic acids is 2. The lowest BCUT2D eigenvalue weighted by Gasteiger charge is -2.13. The Hall–Kier alpha value is -3.61. The predicted octanol–water partition coefficient (Wildman–Crippen LogP) is 3.60. The van der Waals surface area contributed by atoms with E-state index in [-0.39, 0.29) is 25.0 Å². The minimum absolute atomic E-state index is 0.0413. The van der Waals surface area contributed by atoms with Crippen LogP contribution in [0.4, 0.5) is 0 Å². The summed E-state index contributed by atoms with van der Waals surface area (Å²) in [7, 11) is 1.58. The highest BCUT2D eigenvalue weighted by molar-refractivity contribution is 5.94. The fraction of sp³-hybridized carbons (Fsp3) is 0.227. The van der Waals surface area contributed by atoms with Crippen molar-refractivity contribution in [2.45, 2.75) is 26.0 Å². The van der Waals surface area contributed by atoms with Crippen molar-refractivity contribution in [3.05, 3.63) is 72.0 Å². The summed E-state index contributed by atoms with van der Waals surface area (Å²) in [5, 5.41) is 6.78. The monoisotopic (exact) mass is 394 g/mol. The molecule has 3 rings (SSSR count). The standard InChI is InChI=1S/C22H22N2O5/c1-15(23-22(26)16-8-4-3-5-9-16)12-21(25)28-14-17-13-19(24-29-17)18-10-6-7-11-20(18)27-2/h3-11,13,15H,12,14H2,1-2H3,(H,23,26)/t15-/m0/s1. The minimum atomic E-state index is -0.443. The summed E-state index contributed by atoms with van der Waals surface area (Å²) < 4.78 is 15.8. The third-order valence-corrected chi connectivity index (χ3v) is 4.20. The lowest BCUT2D eigenvalue weighted by Crippen LogP contribution is -2.34. The van der Waals surface area contributed by atoms with Gasteiger partial charge in [0.25, 0.3) is 5.91 Å². The van der Waals surface area contributed by atoms with Gasteiger partial charge in [0.15, 0.2) is 12.4 Å². The maximum absolute atomic E-state index is 12.1. The molecule has 0 unspecified atom stereocenters. The number of ether oxygens (including phenoxy) is 2. The van der Waals surface area contributed by atoms with Gasteiger partial charge in [-0.1, -0.05) is 35.5 Å². The molecule has 3 aromatic rings. The van der Waals surface area contributed by atoms with Crippen molar-refractivity contribution in [1.29, 1.82) is 0 Å². The highest BCUT2D eigenvalue weighted by Gasteiger charge is 2.16. The van der Waals surface area contributed by atoms with Gasteiger partial charge in [-0.05, 0) is 31.2 Å². The van der Waals surface area contributed by atoms with Gasteiger partial charge in [0.1, 0.15) is 11.4 Å². The molecule has 1 N–H and O–H groups in total. The number of nitrogens with zero attached hydrogens (tertiary/aromatic N) is 1. The van der Waals surface area contributed by atoms with Crippen LogP contribution in [0.1, 0.15) is 29.5 Å². The van der Waals surface area contributed by atoms with E-state index in [0.29, 0.717) is 22.8 Å². The van der Waals surface area contributed by atoms with Gasteiger partial charge in [-0.15, -0.1) is 0 Å². The smallest absolute Gasteiger partial charge is 0.308 e. The van der Waals surface area contributed by atoms with Gasteiger partial charge in [0.05, 0.1) is 13.5 Å². The van der Waals surface area contributed by atoms with Gasteiger partial charge in [-0.3, -0.25) is 9.59 Å². The Morgan fingerprint density at radius 1 is 1.10 bits per heavy atom. The summed E-state index contributed by atoms with van der Waals surface area (Å²) in [6.45, 7) is 1.71. The second-order valence-corrected chi connectivity index (χ2v) is 6.48. The van der Waals surface area contributed by atoms with Crippen molar-refractivity contribution >= 4 is 11.9 Å². The van der Waals surface area contributed by atoms with E-state index >= 15 is 0 Å². The summed E-state index contributed by atoms with van der Waals surface area (Å²) in [6, 6.07) is 17.6. The van der Waals surface area contributed by atoms with Crippen molar-refractivity contribution in [3.63, 3.8) is 0 Å². The van der Waals surface area contributed by atoms with Crippen molar-refractivity contribution < 1.29 is 23.6 Å². The topological polar surface area (TPSA) is 90.7 Å². The zero-order valence-electron chi connectivity index (χ0n) is 16.3. The molecule has 0 aliphatic heterocycles. The van der Waals surface area contributed by atoms with E-state index < -0.39 is 5.97 Å². The average Bonchev–Trinajstić information content (AvgIpc) is 3.21. The molecule has 150 valence electrons.